The van der Waals surface area contributed by atoms with Crippen LogP contribution in [0.5, 0.6) is 0 Å². The highest BCUT2D eigenvalue weighted by molar-refractivity contribution is 5.82. The zero-order valence-electron chi connectivity index (χ0n) is 12.6. The lowest BCUT2D eigenvalue weighted by Crippen LogP contribution is -2.22. The van der Waals surface area contributed by atoms with E-state index in [0.717, 1.165) is 5.39 Å². The van der Waals surface area contributed by atoms with Gasteiger partial charge in [-0.15, -0.1) is 0 Å². The molecule has 2 unspecified atom stereocenters. The highest BCUT2D eigenvalue weighted by atomic mass is 19.1. The van der Waals surface area contributed by atoms with Crippen molar-refractivity contribution < 1.29 is 19.0 Å². The van der Waals surface area contributed by atoms with Crippen LogP contribution in [0.4, 0.5) is 9.18 Å². The van der Waals surface area contributed by atoms with Crippen molar-refractivity contribution in [3.05, 3.63) is 77.7 Å². The number of hydrogen-bond acceptors (Lipinski definition) is 4. The van der Waals surface area contributed by atoms with Gasteiger partial charge >= 0.3 is 6.09 Å². The highest BCUT2D eigenvalue weighted by Crippen LogP contribution is 2.35. The summed E-state index contributed by atoms with van der Waals surface area (Å²) in [5.74, 6) is -0.433. The number of pyridine rings is 1. The Morgan fingerprint density at radius 1 is 1.12 bits per heavy atom. The van der Waals surface area contributed by atoms with E-state index in [9.17, 15) is 14.3 Å². The van der Waals surface area contributed by atoms with Crippen LogP contribution in [-0.4, -0.2) is 16.2 Å². The first-order valence-corrected chi connectivity index (χ1v) is 7.29. The molecule has 1 amide bonds. The van der Waals surface area contributed by atoms with Gasteiger partial charge in [-0.2, -0.15) is 0 Å². The number of carbonyl (C=O) groups is 1. The van der Waals surface area contributed by atoms with E-state index in [-0.39, 0.29) is 0 Å². The zero-order chi connectivity index (χ0) is 17.1. The van der Waals surface area contributed by atoms with E-state index in [4.69, 9.17) is 10.5 Å². The Morgan fingerprint density at radius 3 is 2.54 bits per heavy atom. The summed E-state index contributed by atoms with van der Waals surface area (Å²) in [5.41, 5.74) is 6.63. The van der Waals surface area contributed by atoms with Crippen molar-refractivity contribution in [1.29, 1.82) is 0 Å². The van der Waals surface area contributed by atoms with Gasteiger partial charge < -0.3 is 15.6 Å². The van der Waals surface area contributed by atoms with Crippen molar-refractivity contribution in [3.63, 3.8) is 0 Å². The van der Waals surface area contributed by atoms with Crippen LogP contribution in [-0.2, 0) is 4.74 Å². The minimum Gasteiger partial charge on any atom is -0.438 e. The van der Waals surface area contributed by atoms with Gasteiger partial charge in [0.1, 0.15) is 11.9 Å². The van der Waals surface area contributed by atoms with Gasteiger partial charge in [-0.3, -0.25) is 4.98 Å². The minimum absolute atomic E-state index is 0.427. The van der Waals surface area contributed by atoms with Crippen molar-refractivity contribution >= 4 is 17.0 Å². The number of nitrogens with zero attached hydrogens (tertiary/aromatic N) is 1. The average molecular weight is 326 g/mol. The summed E-state index contributed by atoms with van der Waals surface area (Å²) >= 11 is 0. The standard InChI is InChI=1S/C18H15FN2O3/c19-13-8-6-12(7-9-13)17(24-18(20)23)16(22)14-5-1-3-11-4-2-10-21-15(11)14/h1-10,16-17,22H,(H2,20,23). The van der Waals surface area contributed by atoms with Gasteiger partial charge in [-0.25, -0.2) is 9.18 Å². The van der Waals surface area contributed by atoms with Gasteiger partial charge in [0.15, 0.2) is 6.10 Å². The number of aromatic nitrogens is 1. The van der Waals surface area contributed by atoms with E-state index in [1.807, 2.05) is 12.1 Å². The maximum Gasteiger partial charge on any atom is 0.405 e. The monoisotopic (exact) mass is 326 g/mol. The SMILES string of the molecule is NC(=O)OC(c1ccc(F)cc1)C(O)c1cccc2cccnc12. The second kappa shape index (κ2) is 6.64. The fourth-order valence-corrected chi connectivity index (χ4v) is 2.62. The second-order valence-electron chi connectivity index (χ2n) is 5.28. The number of primary amides is 1. The average Bonchev–Trinajstić information content (AvgIpc) is 2.59. The third-order valence-electron chi connectivity index (χ3n) is 3.71. The fourth-order valence-electron chi connectivity index (χ4n) is 2.62. The molecule has 0 saturated heterocycles. The molecule has 0 aliphatic heterocycles. The number of carbonyl (C=O) groups excluding carboxylic acids is 1. The quantitative estimate of drug-likeness (QED) is 0.770. The number of fused-ring (bicyclic) bond motifs is 1. The number of aliphatic hydroxyl groups is 1. The normalized spacial score (nSPS) is 13.4. The molecule has 5 nitrogen and oxygen atoms in total. The van der Waals surface area contributed by atoms with Crippen molar-refractivity contribution in [2.45, 2.75) is 12.2 Å². The van der Waals surface area contributed by atoms with Crippen LogP contribution < -0.4 is 5.73 Å². The molecule has 6 heteroatoms. The van der Waals surface area contributed by atoms with Crippen molar-refractivity contribution in [3.8, 4) is 0 Å². The molecule has 1 heterocycles. The van der Waals surface area contributed by atoms with Crippen molar-refractivity contribution in [2.75, 3.05) is 0 Å². The highest BCUT2D eigenvalue weighted by Gasteiger charge is 2.27. The number of para-hydroxylation sites is 1. The van der Waals surface area contributed by atoms with Gasteiger partial charge in [-0.1, -0.05) is 36.4 Å². The number of hydrogen-bond donors (Lipinski definition) is 2. The first-order chi connectivity index (χ1) is 11.6. The maximum atomic E-state index is 13.1. The summed E-state index contributed by atoms with van der Waals surface area (Å²) < 4.78 is 18.2. The van der Waals surface area contributed by atoms with Crippen LogP contribution in [0.3, 0.4) is 0 Å². The molecular weight excluding hydrogens is 311 g/mol. The minimum atomic E-state index is -1.21. The van der Waals surface area contributed by atoms with E-state index in [0.29, 0.717) is 16.6 Å². The summed E-state index contributed by atoms with van der Waals surface area (Å²) in [5, 5.41) is 11.6. The van der Waals surface area contributed by atoms with Crippen molar-refractivity contribution in [2.24, 2.45) is 5.73 Å². The summed E-state index contributed by atoms with van der Waals surface area (Å²) in [6.07, 6.45) is -1.70. The Morgan fingerprint density at radius 2 is 1.83 bits per heavy atom. The number of amides is 1. The molecule has 3 aromatic rings. The Balaban J connectivity index is 2.06. The lowest BCUT2D eigenvalue weighted by atomic mass is 9.96. The number of nitrogens with two attached hydrogens (primary N) is 1. The lowest BCUT2D eigenvalue weighted by Gasteiger charge is -2.23. The van der Waals surface area contributed by atoms with Crippen LogP contribution in [0.15, 0.2) is 60.8 Å². The molecule has 122 valence electrons. The van der Waals surface area contributed by atoms with Gasteiger partial charge in [-0.05, 0) is 23.8 Å². The number of rotatable bonds is 4. The summed E-state index contributed by atoms with van der Waals surface area (Å²) in [7, 11) is 0. The van der Waals surface area contributed by atoms with E-state index >= 15 is 0 Å². The number of ether oxygens (including phenoxy) is 1. The van der Waals surface area contributed by atoms with Crippen LogP contribution in [0.25, 0.3) is 10.9 Å². The third kappa shape index (κ3) is 3.18. The molecule has 0 saturated carbocycles. The van der Waals surface area contributed by atoms with E-state index < -0.39 is 24.1 Å². The van der Waals surface area contributed by atoms with E-state index in [2.05, 4.69) is 4.98 Å². The molecule has 0 radical (unpaired) electrons. The molecule has 3 rings (SSSR count). The Kier molecular flexibility index (Phi) is 4.39. The third-order valence-corrected chi connectivity index (χ3v) is 3.71. The Labute approximate surface area is 137 Å². The molecule has 3 N–H and O–H groups in total. The molecule has 0 bridgehead atoms. The number of halogens is 1. The van der Waals surface area contributed by atoms with E-state index in [1.165, 1.54) is 24.3 Å². The zero-order valence-corrected chi connectivity index (χ0v) is 12.6. The predicted molar refractivity (Wildman–Crippen MR) is 86.5 cm³/mol. The van der Waals surface area contributed by atoms with Gasteiger partial charge in [0, 0.05) is 17.1 Å². The molecular formula is C18H15FN2O3. The second-order valence-corrected chi connectivity index (χ2v) is 5.28. The number of benzene rings is 2. The van der Waals surface area contributed by atoms with E-state index in [1.54, 1.807) is 24.4 Å². The molecule has 2 atom stereocenters. The van der Waals surface area contributed by atoms with Gasteiger partial charge in [0.25, 0.3) is 0 Å². The Hall–Kier alpha value is -2.99. The van der Waals surface area contributed by atoms with Crippen LogP contribution in [0.1, 0.15) is 23.3 Å². The Bertz CT molecular complexity index is 862. The molecule has 2 aromatic carbocycles. The van der Waals surface area contributed by atoms with Gasteiger partial charge in [0.2, 0.25) is 0 Å². The number of aliphatic hydroxyl groups excluding tert-OH is 1. The molecule has 0 aliphatic rings. The molecule has 0 spiro atoms. The van der Waals surface area contributed by atoms with Crippen LogP contribution in [0, 0.1) is 5.82 Å². The molecule has 1 aromatic heterocycles. The largest absolute Gasteiger partial charge is 0.438 e. The predicted octanol–water partition coefficient (Wildman–Crippen LogP) is 3.24. The summed E-state index contributed by atoms with van der Waals surface area (Å²) in [4.78, 5) is 15.5. The first kappa shape index (κ1) is 15.9. The smallest absolute Gasteiger partial charge is 0.405 e. The molecule has 0 aliphatic carbocycles. The summed E-state index contributed by atoms with van der Waals surface area (Å²) in [6, 6.07) is 14.3. The molecule has 0 fully saturated rings. The first-order valence-electron chi connectivity index (χ1n) is 7.29. The van der Waals surface area contributed by atoms with Crippen LogP contribution in [0.2, 0.25) is 0 Å². The fraction of sp³-hybridized carbons (Fsp3) is 0.111. The van der Waals surface area contributed by atoms with Crippen LogP contribution >= 0.6 is 0 Å². The molecule has 24 heavy (non-hydrogen) atoms. The van der Waals surface area contributed by atoms with Gasteiger partial charge in [0.05, 0.1) is 5.52 Å². The maximum absolute atomic E-state index is 13.1. The summed E-state index contributed by atoms with van der Waals surface area (Å²) in [6.45, 7) is 0. The lowest BCUT2D eigenvalue weighted by molar-refractivity contribution is 0.00433. The van der Waals surface area contributed by atoms with Crippen molar-refractivity contribution in [1.82, 2.24) is 4.98 Å². The topological polar surface area (TPSA) is 85.4 Å².